The molecule has 0 aromatic heterocycles. The maximum Gasteiger partial charge on any atom is 0.145 e. The summed E-state index contributed by atoms with van der Waals surface area (Å²) < 4.78 is 18.9. The Hall–Kier alpha value is -1.29. The van der Waals surface area contributed by atoms with E-state index in [4.69, 9.17) is 4.74 Å². The van der Waals surface area contributed by atoms with Crippen LogP contribution in [-0.4, -0.2) is 37.2 Å². The van der Waals surface area contributed by atoms with E-state index in [9.17, 15) is 4.39 Å². The zero-order valence-electron chi connectivity index (χ0n) is 12.8. The topological polar surface area (TPSA) is 24.5 Å². The Morgan fingerprint density at radius 3 is 2.85 bits per heavy atom. The minimum Gasteiger partial charge on any atom is -0.492 e. The Bertz CT molecular complexity index is 452. The van der Waals surface area contributed by atoms with Crippen LogP contribution in [0.15, 0.2) is 18.2 Å². The van der Waals surface area contributed by atoms with E-state index in [2.05, 4.69) is 31.1 Å². The van der Waals surface area contributed by atoms with Crippen molar-refractivity contribution in [1.82, 2.24) is 4.90 Å². The van der Waals surface area contributed by atoms with Gasteiger partial charge in [-0.1, -0.05) is 6.92 Å². The number of hydrogen-bond acceptors (Lipinski definition) is 3. The fourth-order valence-corrected chi connectivity index (χ4v) is 2.83. The maximum absolute atomic E-state index is 13.3. The monoisotopic (exact) mass is 280 g/mol. The van der Waals surface area contributed by atoms with E-state index in [0.717, 1.165) is 18.7 Å². The van der Waals surface area contributed by atoms with Crippen molar-refractivity contribution in [3.8, 4) is 5.75 Å². The van der Waals surface area contributed by atoms with Gasteiger partial charge >= 0.3 is 0 Å². The minimum atomic E-state index is -0.260. The van der Waals surface area contributed by atoms with E-state index >= 15 is 0 Å². The molecule has 3 unspecified atom stereocenters. The molecule has 1 aliphatic rings. The highest BCUT2D eigenvalue weighted by molar-refractivity contribution is 5.57. The Morgan fingerprint density at radius 2 is 2.15 bits per heavy atom. The Labute approximate surface area is 121 Å². The van der Waals surface area contributed by atoms with Crippen LogP contribution in [0.2, 0.25) is 0 Å². The third-order valence-electron chi connectivity index (χ3n) is 4.19. The van der Waals surface area contributed by atoms with Crippen LogP contribution in [0.5, 0.6) is 5.75 Å². The normalized spacial score (nSPS) is 27.4. The first kappa shape index (κ1) is 15.1. The molecule has 1 heterocycles. The van der Waals surface area contributed by atoms with Crippen molar-refractivity contribution in [2.75, 3.05) is 25.5 Å². The van der Waals surface area contributed by atoms with Gasteiger partial charge in [0.2, 0.25) is 0 Å². The summed E-state index contributed by atoms with van der Waals surface area (Å²) in [7, 11) is 2.17. The Kier molecular flexibility index (Phi) is 4.86. The first-order valence-electron chi connectivity index (χ1n) is 7.40. The van der Waals surface area contributed by atoms with Gasteiger partial charge in [-0.3, -0.25) is 0 Å². The molecule has 0 aliphatic carbocycles. The average molecular weight is 280 g/mol. The number of hydrogen-bond donors (Lipinski definition) is 1. The quantitative estimate of drug-likeness (QED) is 0.915. The van der Waals surface area contributed by atoms with Crippen LogP contribution in [0, 0.1) is 11.7 Å². The molecule has 3 atom stereocenters. The lowest BCUT2D eigenvalue weighted by atomic mass is 9.89. The summed E-state index contributed by atoms with van der Waals surface area (Å²) in [6, 6.07) is 5.66. The largest absolute Gasteiger partial charge is 0.492 e. The van der Waals surface area contributed by atoms with Crippen molar-refractivity contribution < 1.29 is 9.13 Å². The van der Waals surface area contributed by atoms with Crippen molar-refractivity contribution in [3.63, 3.8) is 0 Å². The molecule has 0 radical (unpaired) electrons. The second kappa shape index (κ2) is 6.44. The van der Waals surface area contributed by atoms with Crippen molar-refractivity contribution >= 4 is 5.69 Å². The molecule has 1 aliphatic heterocycles. The number of anilines is 1. The summed E-state index contributed by atoms with van der Waals surface area (Å²) in [5, 5.41) is 3.54. The molecule has 1 aromatic rings. The molecular formula is C16H25FN2O. The highest BCUT2D eigenvalue weighted by Crippen LogP contribution is 2.30. The number of ether oxygens (including phenoxy) is 1. The fourth-order valence-electron chi connectivity index (χ4n) is 2.83. The predicted molar refractivity (Wildman–Crippen MR) is 80.9 cm³/mol. The lowest BCUT2D eigenvalue weighted by Gasteiger charge is -2.40. The van der Waals surface area contributed by atoms with E-state index in [1.165, 1.54) is 12.1 Å². The summed E-state index contributed by atoms with van der Waals surface area (Å²) in [6.07, 6.45) is 1.08. The van der Waals surface area contributed by atoms with Gasteiger partial charge in [0.15, 0.2) is 0 Å². The second-order valence-electron chi connectivity index (χ2n) is 5.83. The molecule has 2 rings (SSSR count). The molecule has 0 bridgehead atoms. The van der Waals surface area contributed by atoms with Gasteiger partial charge in [-0.2, -0.15) is 0 Å². The van der Waals surface area contributed by atoms with Crippen LogP contribution >= 0.6 is 0 Å². The smallest absolute Gasteiger partial charge is 0.145 e. The molecule has 1 N–H and O–H groups in total. The maximum atomic E-state index is 13.3. The third-order valence-corrected chi connectivity index (χ3v) is 4.19. The van der Waals surface area contributed by atoms with Crippen LogP contribution in [0.1, 0.15) is 27.2 Å². The van der Waals surface area contributed by atoms with Crippen LogP contribution < -0.4 is 10.1 Å². The van der Waals surface area contributed by atoms with Crippen molar-refractivity contribution in [1.29, 1.82) is 0 Å². The number of piperidine rings is 1. The minimum absolute atomic E-state index is 0.260. The summed E-state index contributed by atoms with van der Waals surface area (Å²) in [5.41, 5.74) is 0.891. The number of halogens is 1. The lowest BCUT2D eigenvalue weighted by molar-refractivity contribution is 0.145. The highest BCUT2D eigenvalue weighted by atomic mass is 19.1. The standard InChI is InChI=1S/C16H25FN2O/c1-5-20-16-9-13(17)6-7-14(16)18-15-8-12(3)19(4)10-11(15)2/h6-7,9,11-12,15,18H,5,8,10H2,1-4H3. The summed E-state index contributed by atoms with van der Waals surface area (Å²) >= 11 is 0. The van der Waals surface area contributed by atoms with Gasteiger partial charge < -0.3 is 15.0 Å². The molecule has 0 saturated carbocycles. The average Bonchev–Trinajstić information content (AvgIpc) is 2.39. The van der Waals surface area contributed by atoms with Crippen molar-refractivity contribution in [2.45, 2.75) is 39.3 Å². The Morgan fingerprint density at radius 1 is 1.40 bits per heavy atom. The van der Waals surface area contributed by atoms with Crippen molar-refractivity contribution in [2.24, 2.45) is 5.92 Å². The number of nitrogens with one attached hydrogen (secondary N) is 1. The van der Waals surface area contributed by atoms with Crippen LogP contribution in [0.3, 0.4) is 0 Å². The summed E-state index contributed by atoms with van der Waals surface area (Å²) in [6.45, 7) is 8.02. The second-order valence-corrected chi connectivity index (χ2v) is 5.83. The van der Waals surface area contributed by atoms with E-state index in [1.54, 1.807) is 6.07 Å². The Balaban J connectivity index is 2.13. The van der Waals surface area contributed by atoms with E-state index < -0.39 is 0 Å². The van der Waals surface area contributed by atoms with E-state index in [0.29, 0.717) is 30.4 Å². The number of benzene rings is 1. The summed E-state index contributed by atoms with van der Waals surface area (Å²) in [5.74, 6) is 0.894. The molecule has 1 aromatic carbocycles. The van der Waals surface area contributed by atoms with Gasteiger partial charge in [-0.25, -0.2) is 4.39 Å². The third kappa shape index (κ3) is 3.42. The number of likely N-dealkylation sites (tertiary alicyclic amines) is 1. The zero-order valence-corrected chi connectivity index (χ0v) is 12.8. The van der Waals surface area contributed by atoms with Gasteiger partial charge in [-0.05, 0) is 45.4 Å². The van der Waals surface area contributed by atoms with Gasteiger partial charge in [-0.15, -0.1) is 0 Å². The first-order chi connectivity index (χ1) is 9.51. The zero-order chi connectivity index (χ0) is 14.7. The highest BCUT2D eigenvalue weighted by Gasteiger charge is 2.29. The molecule has 3 nitrogen and oxygen atoms in total. The molecule has 4 heteroatoms. The number of rotatable bonds is 4. The lowest BCUT2D eigenvalue weighted by Crippen LogP contribution is -2.48. The molecule has 20 heavy (non-hydrogen) atoms. The van der Waals surface area contributed by atoms with Crippen LogP contribution in [-0.2, 0) is 0 Å². The molecule has 1 saturated heterocycles. The van der Waals surface area contributed by atoms with Crippen LogP contribution in [0.4, 0.5) is 10.1 Å². The SMILES string of the molecule is CCOc1cc(F)ccc1NC1CC(C)N(C)CC1C. The fraction of sp³-hybridized carbons (Fsp3) is 0.625. The van der Waals surface area contributed by atoms with E-state index in [-0.39, 0.29) is 5.82 Å². The van der Waals surface area contributed by atoms with Gasteiger partial charge in [0, 0.05) is 24.7 Å². The molecule has 112 valence electrons. The first-order valence-corrected chi connectivity index (χ1v) is 7.40. The van der Waals surface area contributed by atoms with Crippen LogP contribution in [0.25, 0.3) is 0 Å². The molecular weight excluding hydrogens is 255 g/mol. The predicted octanol–water partition coefficient (Wildman–Crippen LogP) is 3.37. The molecule has 1 fully saturated rings. The molecule has 0 amide bonds. The van der Waals surface area contributed by atoms with E-state index in [1.807, 2.05) is 6.92 Å². The summed E-state index contributed by atoms with van der Waals surface area (Å²) in [4.78, 5) is 2.39. The van der Waals surface area contributed by atoms with Gasteiger partial charge in [0.25, 0.3) is 0 Å². The van der Waals surface area contributed by atoms with Gasteiger partial charge in [0.1, 0.15) is 11.6 Å². The molecule has 0 spiro atoms. The van der Waals surface area contributed by atoms with Gasteiger partial charge in [0.05, 0.1) is 12.3 Å². The van der Waals surface area contributed by atoms with Crippen molar-refractivity contribution in [3.05, 3.63) is 24.0 Å². The number of nitrogens with zero attached hydrogens (tertiary/aromatic N) is 1.